The van der Waals surface area contributed by atoms with Crippen molar-refractivity contribution >= 4 is 37.4 Å². The monoisotopic (exact) mass is 345 g/mol. The minimum atomic E-state index is -3.34. The van der Waals surface area contributed by atoms with Crippen molar-refractivity contribution in [2.24, 2.45) is 0 Å². The van der Waals surface area contributed by atoms with Crippen molar-refractivity contribution < 1.29 is 17.9 Å². The van der Waals surface area contributed by atoms with Crippen LogP contribution in [-0.4, -0.2) is 33.2 Å². The first kappa shape index (κ1) is 12.9. The summed E-state index contributed by atoms with van der Waals surface area (Å²) < 4.78 is 29.6. The second-order valence-electron chi connectivity index (χ2n) is 4.99. The van der Waals surface area contributed by atoms with Crippen molar-refractivity contribution in [3.05, 3.63) is 16.6 Å². The summed E-state index contributed by atoms with van der Waals surface area (Å²) in [5.74, 6) is 0.421. The molecule has 1 aromatic rings. The standard InChI is InChI=1S/C12H12BrNO4S/c1-14-9-6-7(19(2,16)17)5-8(13)10(9)18-12(3-4-12)11(14)15/h5-6H,3-4H2,1-2H3. The Labute approximate surface area is 119 Å². The summed E-state index contributed by atoms with van der Waals surface area (Å²) in [6.45, 7) is 0. The maximum atomic E-state index is 12.2. The highest BCUT2D eigenvalue weighted by molar-refractivity contribution is 9.10. The number of halogens is 1. The first-order chi connectivity index (χ1) is 8.74. The van der Waals surface area contributed by atoms with E-state index in [0.717, 1.165) is 6.26 Å². The van der Waals surface area contributed by atoms with Crippen molar-refractivity contribution in [1.82, 2.24) is 0 Å². The molecule has 5 nitrogen and oxygen atoms in total. The highest BCUT2D eigenvalue weighted by Gasteiger charge is 2.57. The number of benzene rings is 1. The van der Waals surface area contributed by atoms with Crippen molar-refractivity contribution in [2.45, 2.75) is 23.3 Å². The molecule has 3 rings (SSSR count). The summed E-state index contributed by atoms with van der Waals surface area (Å²) in [5, 5.41) is 0. The van der Waals surface area contributed by atoms with Gasteiger partial charge in [0.05, 0.1) is 15.1 Å². The largest absolute Gasteiger partial charge is 0.474 e. The highest BCUT2D eigenvalue weighted by atomic mass is 79.9. The molecule has 0 N–H and O–H groups in total. The lowest BCUT2D eigenvalue weighted by molar-refractivity contribution is -0.127. The molecule has 0 bridgehead atoms. The molecular formula is C12H12BrNO4S. The summed E-state index contributed by atoms with van der Waals surface area (Å²) in [5.41, 5.74) is -0.242. The normalized spacial score (nSPS) is 20.2. The lowest BCUT2D eigenvalue weighted by Gasteiger charge is -2.33. The minimum absolute atomic E-state index is 0.113. The van der Waals surface area contributed by atoms with Crippen LogP contribution in [0.25, 0.3) is 0 Å². The zero-order valence-corrected chi connectivity index (χ0v) is 12.8. The maximum absolute atomic E-state index is 12.2. The number of nitrogens with zero attached hydrogens (tertiary/aromatic N) is 1. The van der Waals surface area contributed by atoms with Crippen LogP contribution in [-0.2, 0) is 14.6 Å². The van der Waals surface area contributed by atoms with Crippen LogP contribution < -0.4 is 9.64 Å². The van der Waals surface area contributed by atoms with Crippen molar-refractivity contribution in [3.63, 3.8) is 0 Å². The second-order valence-corrected chi connectivity index (χ2v) is 7.86. The third kappa shape index (κ3) is 1.87. The Hall–Kier alpha value is -1.08. The summed E-state index contributed by atoms with van der Waals surface area (Å²) in [6, 6.07) is 2.98. The van der Waals surface area contributed by atoms with E-state index in [0.29, 0.717) is 28.8 Å². The number of sulfone groups is 1. The SMILES string of the molecule is CN1C(=O)C2(CC2)Oc2c(Br)cc(S(C)(=O)=O)cc21. The van der Waals surface area contributed by atoms with Gasteiger partial charge < -0.3 is 9.64 Å². The average Bonchev–Trinajstić information content (AvgIpc) is 3.07. The Morgan fingerprint density at radius 3 is 2.53 bits per heavy atom. The molecule has 1 spiro atoms. The molecule has 1 aromatic carbocycles. The molecule has 102 valence electrons. The van der Waals surface area contributed by atoms with Gasteiger partial charge in [0.15, 0.2) is 21.2 Å². The van der Waals surface area contributed by atoms with Gasteiger partial charge in [-0.05, 0) is 28.1 Å². The zero-order chi connectivity index (χ0) is 14.0. The van der Waals surface area contributed by atoms with E-state index < -0.39 is 15.4 Å². The van der Waals surface area contributed by atoms with Gasteiger partial charge in [-0.2, -0.15) is 0 Å². The van der Waals surface area contributed by atoms with Gasteiger partial charge in [-0.15, -0.1) is 0 Å². The van der Waals surface area contributed by atoms with Gasteiger partial charge in [0.2, 0.25) is 0 Å². The fourth-order valence-corrected chi connectivity index (χ4v) is 3.54. The molecule has 0 aromatic heterocycles. The van der Waals surface area contributed by atoms with Gasteiger partial charge in [-0.25, -0.2) is 8.42 Å². The molecule has 1 heterocycles. The summed E-state index contributed by atoms with van der Waals surface area (Å²) in [6.07, 6.45) is 2.54. The van der Waals surface area contributed by atoms with Crippen LogP contribution in [0.5, 0.6) is 5.75 Å². The van der Waals surface area contributed by atoms with Crippen molar-refractivity contribution in [2.75, 3.05) is 18.2 Å². The Balaban J connectivity index is 2.21. The van der Waals surface area contributed by atoms with Crippen molar-refractivity contribution in [3.8, 4) is 5.75 Å². The van der Waals surface area contributed by atoms with Crippen LogP contribution >= 0.6 is 15.9 Å². The lowest BCUT2D eigenvalue weighted by Crippen LogP contribution is -2.45. The van der Waals surface area contributed by atoms with E-state index in [1.165, 1.54) is 17.0 Å². The molecule has 1 fully saturated rings. The quantitative estimate of drug-likeness (QED) is 0.777. The second kappa shape index (κ2) is 3.73. The number of amides is 1. The van der Waals surface area contributed by atoms with E-state index in [1.54, 1.807) is 7.05 Å². The number of fused-ring (bicyclic) bond motifs is 1. The molecule has 1 aliphatic carbocycles. The van der Waals surface area contributed by atoms with E-state index in [1.807, 2.05) is 0 Å². The molecule has 19 heavy (non-hydrogen) atoms. The topological polar surface area (TPSA) is 63.7 Å². The summed E-state index contributed by atoms with van der Waals surface area (Å²) in [7, 11) is -1.70. The first-order valence-electron chi connectivity index (χ1n) is 5.75. The van der Waals surface area contributed by atoms with Crippen LogP contribution in [0.15, 0.2) is 21.5 Å². The Morgan fingerprint density at radius 2 is 2.00 bits per heavy atom. The number of carbonyl (C=O) groups is 1. The van der Waals surface area contributed by atoms with E-state index in [4.69, 9.17) is 4.74 Å². The van der Waals surface area contributed by atoms with Gasteiger partial charge in [0.25, 0.3) is 5.91 Å². The fraction of sp³-hybridized carbons (Fsp3) is 0.417. The molecular weight excluding hydrogens is 334 g/mol. The Bertz CT molecular complexity index is 694. The Morgan fingerprint density at radius 1 is 1.37 bits per heavy atom. The van der Waals surface area contributed by atoms with Crippen LogP contribution in [0.4, 0.5) is 5.69 Å². The number of rotatable bonds is 1. The van der Waals surface area contributed by atoms with Crippen LogP contribution in [0.3, 0.4) is 0 Å². The number of hydrogen-bond acceptors (Lipinski definition) is 4. The summed E-state index contributed by atoms with van der Waals surface area (Å²) >= 11 is 3.32. The van der Waals surface area contributed by atoms with E-state index >= 15 is 0 Å². The molecule has 0 saturated heterocycles. The molecule has 1 aliphatic heterocycles. The number of hydrogen-bond donors (Lipinski definition) is 0. The number of ether oxygens (including phenoxy) is 1. The highest BCUT2D eigenvalue weighted by Crippen LogP contribution is 2.51. The molecule has 2 aliphatic rings. The van der Waals surface area contributed by atoms with E-state index in [9.17, 15) is 13.2 Å². The smallest absolute Gasteiger partial charge is 0.271 e. The molecule has 1 saturated carbocycles. The van der Waals surface area contributed by atoms with Crippen LogP contribution in [0.1, 0.15) is 12.8 Å². The predicted octanol–water partition coefficient (Wildman–Crippen LogP) is 1.74. The number of likely N-dealkylation sites (N-methyl/N-ethyl adjacent to an activating group) is 1. The Kier molecular flexibility index (Phi) is 2.54. The molecule has 0 radical (unpaired) electrons. The molecule has 0 atom stereocenters. The van der Waals surface area contributed by atoms with Crippen LogP contribution in [0, 0.1) is 0 Å². The van der Waals surface area contributed by atoms with E-state index in [2.05, 4.69) is 15.9 Å². The first-order valence-corrected chi connectivity index (χ1v) is 8.44. The minimum Gasteiger partial charge on any atom is -0.474 e. The lowest BCUT2D eigenvalue weighted by atomic mass is 10.1. The van der Waals surface area contributed by atoms with E-state index in [-0.39, 0.29) is 10.8 Å². The number of carbonyl (C=O) groups excluding carboxylic acids is 1. The van der Waals surface area contributed by atoms with Gasteiger partial charge >= 0.3 is 0 Å². The summed E-state index contributed by atoms with van der Waals surface area (Å²) in [4.78, 5) is 13.8. The number of anilines is 1. The molecule has 0 unspecified atom stereocenters. The van der Waals surface area contributed by atoms with Gasteiger partial charge in [0, 0.05) is 26.1 Å². The third-order valence-electron chi connectivity index (χ3n) is 3.48. The van der Waals surface area contributed by atoms with Gasteiger partial charge in [0.1, 0.15) is 0 Å². The zero-order valence-electron chi connectivity index (χ0n) is 10.4. The third-order valence-corrected chi connectivity index (χ3v) is 5.16. The molecule has 7 heteroatoms. The maximum Gasteiger partial charge on any atom is 0.271 e. The fourth-order valence-electron chi connectivity index (χ4n) is 2.20. The molecule has 1 amide bonds. The predicted molar refractivity (Wildman–Crippen MR) is 73.3 cm³/mol. The van der Waals surface area contributed by atoms with Gasteiger partial charge in [-0.1, -0.05) is 0 Å². The van der Waals surface area contributed by atoms with Crippen molar-refractivity contribution in [1.29, 1.82) is 0 Å². The van der Waals surface area contributed by atoms with Crippen LogP contribution in [0.2, 0.25) is 0 Å². The van der Waals surface area contributed by atoms with Gasteiger partial charge in [-0.3, -0.25) is 4.79 Å². The average molecular weight is 346 g/mol.